The van der Waals surface area contributed by atoms with E-state index in [2.05, 4.69) is 22.1 Å². The first-order chi connectivity index (χ1) is 11.7. The normalized spacial score (nSPS) is 18.5. The van der Waals surface area contributed by atoms with E-state index in [0.29, 0.717) is 11.1 Å². The summed E-state index contributed by atoms with van der Waals surface area (Å²) < 4.78 is 4.84. The number of methoxy groups -OCH3 is 1. The molecule has 0 atom stereocenters. The average molecular weight is 327 g/mol. The highest BCUT2D eigenvalue weighted by atomic mass is 16.5. The minimum Gasteiger partial charge on any atom is -0.465 e. The Hall–Kier alpha value is -2.03. The first-order valence-corrected chi connectivity index (χ1v) is 8.60. The van der Waals surface area contributed by atoms with Crippen LogP contribution in [0.25, 0.3) is 0 Å². The number of ether oxygens (including phenoxy) is 1. The molecule has 0 amide bonds. The van der Waals surface area contributed by atoms with E-state index < -0.39 is 0 Å². The second kappa shape index (κ2) is 7.69. The van der Waals surface area contributed by atoms with Crippen LogP contribution in [0.1, 0.15) is 28.8 Å². The van der Waals surface area contributed by atoms with E-state index in [1.165, 1.54) is 33.0 Å². The summed E-state index contributed by atoms with van der Waals surface area (Å²) in [5.74, 6) is 7.18. The molecule has 0 radical (unpaired) electrons. The van der Waals surface area contributed by atoms with Crippen molar-refractivity contribution in [3.63, 3.8) is 0 Å². The highest BCUT2D eigenvalue weighted by molar-refractivity contribution is 5.93. The van der Waals surface area contributed by atoms with Crippen LogP contribution in [0.15, 0.2) is 18.2 Å². The number of rotatable bonds is 3. The summed E-state index contributed by atoms with van der Waals surface area (Å²) in [4.78, 5) is 14.3. The fraction of sp³-hybridized carbons (Fsp3) is 0.526. The monoisotopic (exact) mass is 327 g/mol. The Bertz CT molecular complexity index is 650. The van der Waals surface area contributed by atoms with Crippen molar-refractivity contribution in [1.29, 1.82) is 0 Å². The molecule has 1 aromatic rings. The van der Waals surface area contributed by atoms with Crippen molar-refractivity contribution in [3.8, 4) is 11.8 Å². The van der Waals surface area contributed by atoms with Gasteiger partial charge in [0.1, 0.15) is 0 Å². The summed E-state index contributed by atoms with van der Waals surface area (Å²) in [5.41, 5.74) is 7.78. The Morgan fingerprint density at radius 1 is 1.33 bits per heavy atom. The summed E-state index contributed by atoms with van der Waals surface area (Å²) in [7, 11) is 1.39. The molecule has 5 heteroatoms. The lowest BCUT2D eigenvalue weighted by Crippen LogP contribution is -2.49. The molecule has 0 spiro atoms. The smallest absolute Gasteiger partial charge is 0.339 e. The molecule has 3 N–H and O–H groups in total. The topological polar surface area (TPSA) is 67.6 Å². The number of hydrogen-bond donors (Lipinski definition) is 2. The zero-order valence-electron chi connectivity index (χ0n) is 14.2. The Morgan fingerprint density at radius 2 is 2.08 bits per heavy atom. The molecule has 2 heterocycles. The number of nitrogens with one attached hydrogen (secondary N) is 1. The standard InChI is InChI=1S/C19H25N3O2/c1-24-19(23)18-5-4-17(11-15(18)3-2-8-20)22-9-6-14(7-10-22)16-12-21-13-16/h4-5,11,14,16,21H,6-10,12-13,20H2,1H3. The second-order valence-corrected chi connectivity index (χ2v) is 6.47. The molecule has 0 aromatic heterocycles. The SMILES string of the molecule is COC(=O)c1ccc(N2CCC(C3CNC3)CC2)cc1C#CCN. The van der Waals surface area contributed by atoms with Crippen molar-refractivity contribution in [1.82, 2.24) is 5.32 Å². The largest absolute Gasteiger partial charge is 0.465 e. The molecule has 1 aromatic carbocycles. The molecule has 0 unspecified atom stereocenters. The van der Waals surface area contributed by atoms with Crippen LogP contribution in [0, 0.1) is 23.7 Å². The Balaban J connectivity index is 1.75. The van der Waals surface area contributed by atoms with Crippen LogP contribution in [-0.2, 0) is 4.74 Å². The van der Waals surface area contributed by atoms with Crippen molar-refractivity contribution >= 4 is 11.7 Å². The highest BCUT2D eigenvalue weighted by Gasteiger charge is 2.30. The van der Waals surface area contributed by atoms with Crippen LogP contribution in [0.3, 0.4) is 0 Å². The Labute approximate surface area is 143 Å². The summed E-state index contributed by atoms with van der Waals surface area (Å²) in [5, 5.41) is 3.37. The Morgan fingerprint density at radius 3 is 2.67 bits per heavy atom. The van der Waals surface area contributed by atoms with Crippen LogP contribution in [0.4, 0.5) is 5.69 Å². The maximum Gasteiger partial charge on any atom is 0.339 e. The molecule has 2 aliphatic rings. The van der Waals surface area contributed by atoms with Gasteiger partial charge in [0, 0.05) is 24.3 Å². The van der Waals surface area contributed by atoms with Gasteiger partial charge in [0.25, 0.3) is 0 Å². The molecule has 2 saturated heterocycles. The first-order valence-electron chi connectivity index (χ1n) is 8.60. The first kappa shape index (κ1) is 16.8. The number of nitrogens with two attached hydrogens (primary N) is 1. The summed E-state index contributed by atoms with van der Waals surface area (Å²) in [6.07, 6.45) is 2.46. The van der Waals surface area contributed by atoms with Crippen molar-refractivity contribution in [2.45, 2.75) is 12.8 Å². The number of benzene rings is 1. The zero-order chi connectivity index (χ0) is 16.9. The molecule has 0 saturated carbocycles. The molecule has 2 aliphatic heterocycles. The quantitative estimate of drug-likeness (QED) is 0.645. The number of carbonyl (C=O) groups excluding carboxylic acids is 1. The molecule has 0 aliphatic carbocycles. The zero-order valence-corrected chi connectivity index (χ0v) is 14.2. The third-order valence-corrected chi connectivity index (χ3v) is 5.12. The van der Waals surface area contributed by atoms with Crippen molar-refractivity contribution in [3.05, 3.63) is 29.3 Å². The molecule has 5 nitrogen and oxygen atoms in total. The number of carbonyl (C=O) groups is 1. The summed E-state index contributed by atoms with van der Waals surface area (Å²) >= 11 is 0. The molecule has 2 fully saturated rings. The van der Waals surface area contributed by atoms with Crippen LogP contribution in [0.5, 0.6) is 0 Å². The van der Waals surface area contributed by atoms with Gasteiger partial charge in [-0.3, -0.25) is 0 Å². The molecular weight excluding hydrogens is 302 g/mol. The van der Waals surface area contributed by atoms with Gasteiger partial charge in [0.15, 0.2) is 0 Å². The van der Waals surface area contributed by atoms with E-state index in [9.17, 15) is 4.79 Å². The van der Waals surface area contributed by atoms with Gasteiger partial charge >= 0.3 is 5.97 Å². The fourth-order valence-electron chi connectivity index (χ4n) is 3.54. The maximum absolute atomic E-state index is 11.9. The molecule has 24 heavy (non-hydrogen) atoms. The van der Waals surface area contributed by atoms with Crippen molar-refractivity contribution < 1.29 is 9.53 Å². The van der Waals surface area contributed by atoms with Crippen LogP contribution < -0.4 is 16.0 Å². The maximum atomic E-state index is 11.9. The second-order valence-electron chi connectivity index (χ2n) is 6.47. The van der Waals surface area contributed by atoms with Crippen LogP contribution >= 0.6 is 0 Å². The van der Waals surface area contributed by atoms with E-state index in [4.69, 9.17) is 10.5 Å². The van der Waals surface area contributed by atoms with E-state index in [-0.39, 0.29) is 12.5 Å². The Kier molecular flexibility index (Phi) is 5.39. The number of esters is 1. The van der Waals surface area contributed by atoms with Gasteiger partial charge < -0.3 is 20.7 Å². The third-order valence-electron chi connectivity index (χ3n) is 5.12. The van der Waals surface area contributed by atoms with Crippen molar-refractivity contribution in [2.75, 3.05) is 44.7 Å². The van der Waals surface area contributed by atoms with E-state index >= 15 is 0 Å². The minimum absolute atomic E-state index is 0.270. The minimum atomic E-state index is -0.362. The van der Waals surface area contributed by atoms with Gasteiger partial charge in [-0.25, -0.2) is 4.79 Å². The molecule has 3 rings (SSSR count). The van der Waals surface area contributed by atoms with Crippen LogP contribution in [-0.4, -0.2) is 45.8 Å². The van der Waals surface area contributed by atoms with E-state index in [1.807, 2.05) is 18.2 Å². The van der Waals surface area contributed by atoms with Gasteiger partial charge in [-0.1, -0.05) is 11.8 Å². The average Bonchev–Trinajstić information content (AvgIpc) is 2.58. The predicted octanol–water partition coefficient (Wildman–Crippen LogP) is 1.22. The summed E-state index contributed by atoms with van der Waals surface area (Å²) in [6, 6.07) is 5.79. The van der Waals surface area contributed by atoms with Gasteiger partial charge in [-0.15, -0.1) is 0 Å². The van der Waals surface area contributed by atoms with E-state index in [0.717, 1.165) is 30.6 Å². The lowest BCUT2D eigenvalue weighted by molar-refractivity contribution is 0.0600. The number of nitrogens with zero attached hydrogens (tertiary/aromatic N) is 1. The van der Waals surface area contributed by atoms with Gasteiger partial charge in [-0.2, -0.15) is 0 Å². The predicted molar refractivity (Wildman–Crippen MR) is 95.0 cm³/mol. The van der Waals surface area contributed by atoms with Crippen LogP contribution in [0.2, 0.25) is 0 Å². The molecule has 128 valence electrons. The van der Waals surface area contributed by atoms with Gasteiger partial charge in [0.05, 0.1) is 19.2 Å². The third kappa shape index (κ3) is 3.55. The number of hydrogen-bond acceptors (Lipinski definition) is 5. The lowest BCUT2D eigenvalue weighted by atomic mass is 9.81. The van der Waals surface area contributed by atoms with Crippen molar-refractivity contribution in [2.24, 2.45) is 17.6 Å². The molecule has 0 bridgehead atoms. The fourth-order valence-corrected chi connectivity index (χ4v) is 3.54. The van der Waals surface area contributed by atoms with E-state index in [1.54, 1.807) is 0 Å². The summed E-state index contributed by atoms with van der Waals surface area (Å²) in [6.45, 7) is 4.74. The van der Waals surface area contributed by atoms with Gasteiger partial charge in [-0.05, 0) is 56.0 Å². The lowest BCUT2D eigenvalue weighted by Gasteiger charge is -2.41. The van der Waals surface area contributed by atoms with Gasteiger partial charge in [0.2, 0.25) is 0 Å². The molecular formula is C19H25N3O2. The number of anilines is 1. The highest BCUT2D eigenvalue weighted by Crippen LogP contribution is 2.30. The number of piperidine rings is 1.